The average molecular weight is 199 g/mol. The molecule has 1 saturated heterocycles. The van der Waals surface area contributed by atoms with Crippen LogP contribution in [0.1, 0.15) is 46.0 Å². The summed E-state index contributed by atoms with van der Waals surface area (Å²) in [5.74, 6) is 0. The van der Waals surface area contributed by atoms with Crippen LogP contribution in [0.25, 0.3) is 0 Å². The summed E-state index contributed by atoms with van der Waals surface area (Å²) in [6.07, 6.45) is 6.43. The molecule has 1 aliphatic rings. The molecule has 1 aliphatic heterocycles. The van der Waals surface area contributed by atoms with Crippen LogP contribution < -0.4 is 0 Å². The van der Waals surface area contributed by atoms with Crippen molar-refractivity contribution in [2.45, 2.75) is 46.0 Å². The number of likely N-dealkylation sites (tertiary alicyclic amines) is 1. The van der Waals surface area contributed by atoms with E-state index in [1.807, 2.05) is 0 Å². The normalized spacial score (nSPS) is 20.8. The summed E-state index contributed by atoms with van der Waals surface area (Å²) in [4.78, 5) is 2.57. The molecule has 1 N–H and O–H groups in total. The fourth-order valence-corrected chi connectivity index (χ4v) is 2.28. The molecule has 0 saturated carbocycles. The van der Waals surface area contributed by atoms with Crippen LogP contribution in [0.15, 0.2) is 0 Å². The Kier molecular flexibility index (Phi) is 4.90. The van der Waals surface area contributed by atoms with Gasteiger partial charge in [-0.3, -0.25) is 0 Å². The van der Waals surface area contributed by atoms with E-state index in [2.05, 4.69) is 18.7 Å². The van der Waals surface area contributed by atoms with Crippen LogP contribution in [-0.2, 0) is 0 Å². The lowest BCUT2D eigenvalue weighted by atomic mass is 9.89. The third-order valence-electron chi connectivity index (χ3n) is 3.14. The molecule has 0 unspecified atom stereocenters. The first kappa shape index (κ1) is 12.0. The second-order valence-corrected chi connectivity index (χ2v) is 5.33. The van der Waals surface area contributed by atoms with Gasteiger partial charge < -0.3 is 10.0 Å². The van der Waals surface area contributed by atoms with Crippen molar-refractivity contribution in [1.82, 2.24) is 4.90 Å². The average Bonchev–Trinajstić information content (AvgIpc) is 2.31. The lowest BCUT2D eigenvalue weighted by molar-refractivity contribution is 0.142. The minimum absolute atomic E-state index is 0.277. The molecule has 2 heteroatoms. The van der Waals surface area contributed by atoms with Gasteiger partial charge in [0.05, 0.1) is 0 Å². The van der Waals surface area contributed by atoms with Crippen molar-refractivity contribution in [3.05, 3.63) is 0 Å². The van der Waals surface area contributed by atoms with Crippen LogP contribution in [0.4, 0.5) is 0 Å². The predicted octanol–water partition coefficient (Wildman–Crippen LogP) is 2.27. The molecular weight excluding hydrogens is 174 g/mol. The molecule has 0 aromatic heterocycles. The van der Waals surface area contributed by atoms with Gasteiger partial charge in [-0.15, -0.1) is 0 Å². The molecule has 0 aromatic rings. The summed E-state index contributed by atoms with van der Waals surface area (Å²) in [5, 5.41) is 8.97. The van der Waals surface area contributed by atoms with Crippen molar-refractivity contribution < 1.29 is 5.11 Å². The van der Waals surface area contributed by atoms with E-state index in [0.29, 0.717) is 6.61 Å². The molecule has 2 nitrogen and oxygen atoms in total. The van der Waals surface area contributed by atoms with Crippen LogP contribution in [-0.4, -0.2) is 36.2 Å². The third kappa shape index (κ3) is 4.43. The number of hydrogen-bond donors (Lipinski definition) is 1. The molecule has 0 atom stereocenters. The van der Waals surface area contributed by atoms with Crippen molar-refractivity contribution in [2.24, 2.45) is 5.41 Å². The largest absolute Gasteiger partial charge is 0.396 e. The van der Waals surface area contributed by atoms with Crippen LogP contribution >= 0.6 is 0 Å². The zero-order chi connectivity index (χ0) is 10.4. The van der Waals surface area contributed by atoms with E-state index < -0.39 is 0 Å². The van der Waals surface area contributed by atoms with Gasteiger partial charge in [0.2, 0.25) is 0 Å². The van der Waals surface area contributed by atoms with Crippen molar-refractivity contribution in [3.8, 4) is 0 Å². The smallest absolute Gasteiger partial charge is 0.0436 e. The summed E-state index contributed by atoms with van der Waals surface area (Å²) in [7, 11) is 0. The second kappa shape index (κ2) is 5.72. The van der Waals surface area contributed by atoms with Crippen molar-refractivity contribution >= 4 is 0 Å². The lowest BCUT2D eigenvalue weighted by Gasteiger charge is -2.31. The van der Waals surface area contributed by atoms with Crippen LogP contribution in [0.2, 0.25) is 0 Å². The molecule has 1 rings (SSSR count). The van der Waals surface area contributed by atoms with E-state index in [1.165, 1.54) is 38.8 Å². The third-order valence-corrected chi connectivity index (χ3v) is 3.14. The van der Waals surface area contributed by atoms with E-state index in [1.54, 1.807) is 0 Å². The minimum atomic E-state index is 0.277. The number of nitrogens with zero attached hydrogens (tertiary/aromatic N) is 1. The molecule has 0 aliphatic carbocycles. The highest BCUT2D eigenvalue weighted by molar-refractivity contribution is 4.75. The molecule has 84 valence electrons. The Hall–Kier alpha value is -0.0800. The first-order valence-electron chi connectivity index (χ1n) is 5.97. The van der Waals surface area contributed by atoms with Crippen molar-refractivity contribution in [3.63, 3.8) is 0 Å². The Morgan fingerprint density at radius 3 is 2.14 bits per heavy atom. The van der Waals surface area contributed by atoms with Gasteiger partial charge in [0, 0.05) is 13.2 Å². The quantitative estimate of drug-likeness (QED) is 0.751. The first-order chi connectivity index (χ1) is 6.64. The van der Waals surface area contributed by atoms with Gasteiger partial charge in [-0.1, -0.05) is 26.7 Å². The molecule has 14 heavy (non-hydrogen) atoms. The molecule has 0 amide bonds. The van der Waals surface area contributed by atoms with E-state index in [-0.39, 0.29) is 5.41 Å². The highest BCUT2D eigenvalue weighted by Crippen LogP contribution is 2.23. The number of aliphatic hydroxyl groups is 1. The zero-order valence-corrected chi connectivity index (χ0v) is 9.76. The van der Waals surface area contributed by atoms with Gasteiger partial charge in [-0.05, 0) is 37.8 Å². The topological polar surface area (TPSA) is 23.5 Å². The fraction of sp³-hybridized carbons (Fsp3) is 1.00. The summed E-state index contributed by atoms with van der Waals surface area (Å²) in [6, 6.07) is 0. The fourth-order valence-electron chi connectivity index (χ4n) is 2.28. The van der Waals surface area contributed by atoms with Gasteiger partial charge >= 0.3 is 0 Å². The monoisotopic (exact) mass is 199 g/mol. The standard InChI is InChI=1S/C12H25NO/c1-12(2,7-10-14)11-13-8-5-3-4-6-9-13/h14H,3-11H2,1-2H3. The second-order valence-electron chi connectivity index (χ2n) is 5.33. The molecule has 0 radical (unpaired) electrons. The van der Waals surface area contributed by atoms with E-state index in [9.17, 15) is 0 Å². The Morgan fingerprint density at radius 1 is 1.07 bits per heavy atom. The molecule has 0 aromatic carbocycles. The van der Waals surface area contributed by atoms with E-state index >= 15 is 0 Å². The zero-order valence-electron chi connectivity index (χ0n) is 9.76. The Morgan fingerprint density at radius 2 is 1.64 bits per heavy atom. The summed E-state index contributed by atoms with van der Waals surface area (Å²) < 4.78 is 0. The molecule has 1 heterocycles. The van der Waals surface area contributed by atoms with Crippen molar-refractivity contribution in [1.29, 1.82) is 0 Å². The van der Waals surface area contributed by atoms with Crippen molar-refractivity contribution in [2.75, 3.05) is 26.2 Å². The maximum atomic E-state index is 8.97. The maximum absolute atomic E-state index is 8.97. The maximum Gasteiger partial charge on any atom is 0.0436 e. The van der Waals surface area contributed by atoms with Gasteiger partial charge in [0.15, 0.2) is 0 Å². The highest BCUT2D eigenvalue weighted by atomic mass is 16.3. The van der Waals surface area contributed by atoms with Gasteiger partial charge in [0.25, 0.3) is 0 Å². The molecule has 1 fully saturated rings. The summed E-state index contributed by atoms with van der Waals surface area (Å²) >= 11 is 0. The molecular formula is C12H25NO. The molecule has 0 spiro atoms. The Labute approximate surface area is 88.3 Å². The van der Waals surface area contributed by atoms with Crippen LogP contribution in [0.3, 0.4) is 0 Å². The van der Waals surface area contributed by atoms with Crippen LogP contribution in [0, 0.1) is 5.41 Å². The SMILES string of the molecule is CC(C)(CCO)CN1CCCCCC1. The Bertz CT molecular complexity index is 148. The number of aliphatic hydroxyl groups excluding tert-OH is 1. The van der Waals surface area contributed by atoms with E-state index in [4.69, 9.17) is 5.11 Å². The van der Waals surface area contributed by atoms with Gasteiger partial charge in [-0.2, -0.15) is 0 Å². The predicted molar refractivity (Wildman–Crippen MR) is 60.4 cm³/mol. The highest BCUT2D eigenvalue weighted by Gasteiger charge is 2.21. The lowest BCUT2D eigenvalue weighted by Crippen LogP contribution is -2.35. The molecule has 0 bridgehead atoms. The minimum Gasteiger partial charge on any atom is -0.396 e. The first-order valence-corrected chi connectivity index (χ1v) is 5.97. The van der Waals surface area contributed by atoms with Gasteiger partial charge in [0.1, 0.15) is 0 Å². The van der Waals surface area contributed by atoms with Gasteiger partial charge in [-0.25, -0.2) is 0 Å². The van der Waals surface area contributed by atoms with E-state index in [0.717, 1.165) is 13.0 Å². The van der Waals surface area contributed by atoms with Crippen LogP contribution in [0.5, 0.6) is 0 Å². The Balaban J connectivity index is 2.33. The summed E-state index contributed by atoms with van der Waals surface area (Å²) in [5.41, 5.74) is 0.277. The summed E-state index contributed by atoms with van der Waals surface area (Å²) in [6.45, 7) is 8.50. The number of rotatable bonds is 4. The number of hydrogen-bond acceptors (Lipinski definition) is 2.